The number of hydrogen-bond donors (Lipinski definition) is 2. The molecule has 6 atom stereocenters. The molecule has 5 rings (SSSR count). The van der Waals surface area contributed by atoms with E-state index in [1.807, 2.05) is 18.2 Å². The molecule has 6 heteroatoms. The molecule has 5 nitrogen and oxygen atoms in total. The van der Waals surface area contributed by atoms with Gasteiger partial charge in [-0.3, -0.25) is 4.79 Å². The number of benzene rings is 1. The van der Waals surface area contributed by atoms with Crippen molar-refractivity contribution < 1.29 is 14.1 Å². The summed E-state index contributed by atoms with van der Waals surface area (Å²) in [6, 6.07) is 9.82. The molecule has 3 saturated carbocycles. The molecular weight excluding hydrogens is 351 g/mol. The van der Waals surface area contributed by atoms with Crippen LogP contribution in [0, 0.1) is 17.3 Å². The van der Waals surface area contributed by atoms with Gasteiger partial charge in [0.25, 0.3) is 0 Å². The largest absolute Gasteiger partial charge is 0.463 e. The van der Waals surface area contributed by atoms with E-state index in [4.69, 9.17) is 15.0 Å². The predicted molar refractivity (Wildman–Crippen MR) is 111 cm³/mol. The predicted octanol–water partition coefficient (Wildman–Crippen LogP) is 2.79. The molecule has 0 radical (unpaired) electrons. The van der Waals surface area contributed by atoms with E-state index < -0.39 is 6.04 Å². The standard InChI is InChI=1S/C22H33BN2O3/c1-14(24)20(26)25-13-17(10-15-8-6-5-7-9-15)23-27-19-12-16-11-18(21(16,2)3)22(19,4)28-23/h5-9,14,16-19H,10-13,24H2,1-4H3,(H,25,26)/t14-,16-,17-,18-,19+,22-/m0/s1. The number of nitrogens with two attached hydrogens (primary N) is 1. The Balaban J connectivity index is 1.51. The highest BCUT2D eigenvalue weighted by atomic mass is 16.7. The second-order valence-corrected chi connectivity index (χ2v) is 9.82. The third kappa shape index (κ3) is 3.29. The highest BCUT2D eigenvalue weighted by molar-refractivity contribution is 6.47. The number of carbonyl (C=O) groups is 1. The van der Waals surface area contributed by atoms with Gasteiger partial charge in [-0.2, -0.15) is 0 Å². The minimum Gasteiger partial charge on any atom is -0.405 e. The first-order chi connectivity index (χ1) is 13.2. The molecule has 4 fully saturated rings. The van der Waals surface area contributed by atoms with Crippen molar-refractivity contribution in [2.45, 2.75) is 70.5 Å². The number of amides is 1. The first-order valence-corrected chi connectivity index (χ1v) is 10.6. The Morgan fingerprint density at radius 1 is 1.29 bits per heavy atom. The number of nitrogens with one attached hydrogen (secondary N) is 1. The molecule has 0 spiro atoms. The van der Waals surface area contributed by atoms with Gasteiger partial charge in [-0.05, 0) is 55.9 Å². The zero-order valence-electron chi connectivity index (χ0n) is 17.5. The molecule has 1 heterocycles. The summed E-state index contributed by atoms with van der Waals surface area (Å²) < 4.78 is 13.1. The van der Waals surface area contributed by atoms with Gasteiger partial charge in [-0.1, -0.05) is 44.2 Å². The monoisotopic (exact) mass is 384 g/mol. The van der Waals surface area contributed by atoms with Crippen LogP contribution in [-0.4, -0.2) is 37.3 Å². The van der Waals surface area contributed by atoms with Gasteiger partial charge in [0, 0.05) is 12.4 Å². The molecular formula is C22H33BN2O3. The van der Waals surface area contributed by atoms with E-state index in [9.17, 15) is 4.79 Å². The zero-order chi connectivity index (χ0) is 20.1. The molecule has 2 bridgehead atoms. The van der Waals surface area contributed by atoms with Crippen molar-refractivity contribution in [2.24, 2.45) is 23.0 Å². The van der Waals surface area contributed by atoms with Crippen LogP contribution in [0.25, 0.3) is 0 Å². The van der Waals surface area contributed by atoms with Crippen LogP contribution in [0.4, 0.5) is 0 Å². The van der Waals surface area contributed by atoms with Gasteiger partial charge in [-0.15, -0.1) is 0 Å². The maximum absolute atomic E-state index is 12.1. The van der Waals surface area contributed by atoms with E-state index in [2.05, 4.69) is 38.2 Å². The molecule has 1 aliphatic heterocycles. The van der Waals surface area contributed by atoms with Crippen LogP contribution in [0.1, 0.15) is 46.1 Å². The Hall–Kier alpha value is -1.37. The van der Waals surface area contributed by atoms with E-state index in [1.165, 1.54) is 12.0 Å². The van der Waals surface area contributed by atoms with Gasteiger partial charge >= 0.3 is 7.12 Å². The molecule has 3 aliphatic carbocycles. The molecule has 1 saturated heterocycles. The van der Waals surface area contributed by atoms with Crippen LogP contribution in [0.2, 0.25) is 5.82 Å². The molecule has 28 heavy (non-hydrogen) atoms. The Kier molecular flexibility index (Phi) is 5.09. The molecule has 1 amide bonds. The van der Waals surface area contributed by atoms with Crippen molar-refractivity contribution in [3.8, 4) is 0 Å². The minimum atomic E-state index is -0.518. The Morgan fingerprint density at radius 2 is 2.00 bits per heavy atom. The van der Waals surface area contributed by atoms with Gasteiger partial charge in [0.15, 0.2) is 0 Å². The van der Waals surface area contributed by atoms with Crippen molar-refractivity contribution in [3.05, 3.63) is 35.9 Å². The molecule has 4 aliphatic rings. The highest BCUT2D eigenvalue weighted by Gasteiger charge is 2.68. The van der Waals surface area contributed by atoms with Crippen molar-refractivity contribution in [1.29, 1.82) is 0 Å². The lowest BCUT2D eigenvalue weighted by atomic mass is 9.43. The van der Waals surface area contributed by atoms with E-state index >= 15 is 0 Å². The lowest BCUT2D eigenvalue weighted by Crippen LogP contribution is -2.65. The van der Waals surface area contributed by atoms with Crippen LogP contribution >= 0.6 is 0 Å². The Morgan fingerprint density at radius 3 is 2.64 bits per heavy atom. The Labute approximate surface area is 168 Å². The normalized spacial score (nSPS) is 34.9. The molecule has 3 N–H and O–H groups in total. The topological polar surface area (TPSA) is 73.6 Å². The van der Waals surface area contributed by atoms with Crippen LogP contribution < -0.4 is 11.1 Å². The quantitative estimate of drug-likeness (QED) is 0.740. The molecule has 0 aromatic heterocycles. The van der Waals surface area contributed by atoms with E-state index in [0.29, 0.717) is 17.9 Å². The summed E-state index contributed by atoms with van der Waals surface area (Å²) in [5.41, 5.74) is 7.03. The summed E-state index contributed by atoms with van der Waals surface area (Å²) in [5.74, 6) is 1.17. The van der Waals surface area contributed by atoms with Crippen molar-refractivity contribution in [3.63, 3.8) is 0 Å². The van der Waals surface area contributed by atoms with Crippen molar-refractivity contribution >= 4 is 13.0 Å². The maximum atomic E-state index is 12.1. The summed E-state index contributed by atoms with van der Waals surface area (Å²) >= 11 is 0. The second-order valence-electron chi connectivity index (χ2n) is 9.82. The lowest BCUT2D eigenvalue weighted by molar-refractivity contribution is -0.199. The molecule has 1 aromatic rings. The SMILES string of the molecule is C[C@H](N)C(=O)NC[C@H](Cc1ccccc1)B1O[C@@H]2C[C@@H]3C[C@@H](C3(C)C)[C@]2(C)O1. The van der Waals surface area contributed by atoms with Crippen molar-refractivity contribution in [2.75, 3.05) is 6.54 Å². The summed E-state index contributed by atoms with van der Waals surface area (Å²) in [5, 5.41) is 2.99. The van der Waals surface area contributed by atoms with Crippen LogP contribution in [0.15, 0.2) is 30.3 Å². The first kappa shape index (κ1) is 19.9. The van der Waals surface area contributed by atoms with Crippen LogP contribution in [0.5, 0.6) is 0 Å². The summed E-state index contributed by atoms with van der Waals surface area (Å²) in [7, 11) is -0.307. The van der Waals surface area contributed by atoms with Crippen LogP contribution in [-0.2, 0) is 20.5 Å². The fraction of sp³-hybridized carbons (Fsp3) is 0.682. The van der Waals surface area contributed by atoms with Gasteiger partial charge in [0.1, 0.15) is 0 Å². The summed E-state index contributed by atoms with van der Waals surface area (Å²) in [6.07, 6.45) is 3.25. The lowest BCUT2D eigenvalue weighted by Gasteiger charge is -2.64. The molecule has 152 valence electrons. The third-order valence-corrected chi connectivity index (χ3v) is 7.65. The fourth-order valence-corrected chi connectivity index (χ4v) is 5.68. The minimum absolute atomic E-state index is 0.0489. The van der Waals surface area contributed by atoms with Crippen molar-refractivity contribution in [1.82, 2.24) is 5.32 Å². The van der Waals surface area contributed by atoms with Gasteiger partial charge in [0.2, 0.25) is 5.91 Å². The average Bonchev–Trinajstić information content (AvgIpc) is 3.02. The van der Waals surface area contributed by atoms with E-state index in [-0.39, 0.29) is 30.5 Å². The zero-order valence-corrected chi connectivity index (χ0v) is 17.5. The highest BCUT2D eigenvalue weighted by Crippen LogP contribution is 2.66. The van der Waals surface area contributed by atoms with Gasteiger partial charge < -0.3 is 20.4 Å². The smallest absolute Gasteiger partial charge is 0.405 e. The Bertz CT molecular complexity index is 726. The third-order valence-electron chi connectivity index (χ3n) is 7.65. The molecule has 0 unspecified atom stereocenters. The maximum Gasteiger partial charge on any atom is 0.463 e. The van der Waals surface area contributed by atoms with E-state index in [0.717, 1.165) is 18.8 Å². The van der Waals surface area contributed by atoms with Gasteiger partial charge in [-0.25, -0.2) is 0 Å². The second kappa shape index (κ2) is 7.15. The summed E-state index contributed by atoms with van der Waals surface area (Å²) in [4.78, 5) is 12.1. The molecule has 1 aromatic carbocycles. The number of rotatable bonds is 6. The average molecular weight is 384 g/mol. The first-order valence-electron chi connectivity index (χ1n) is 10.6. The summed E-state index contributed by atoms with van der Waals surface area (Å²) in [6.45, 7) is 9.18. The fourth-order valence-electron chi connectivity index (χ4n) is 5.68. The van der Waals surface area contributed by atoms with E-state index in [1.54, 1.807) is 6.92 Å². The van der Waals surface area contributed by atoms with Gasteiger partial charge in [0.05, 0.1) is 17.7 Å². The number of carbonyl (C=O) groups excluding carboxylic acids is 1. The van der Waals surface area contributed by atoms with Crippen LogP contribution in [0.3, 0.4) is 0 Å². The number of hydrogen-bond acceptors (Lipinski definition) is 4.